The summed E-state index contributed by atoms with van der Waals surface area (Å²) in [5.74, 6) is 1.46. The summed E-state index contributed by atoms with van der Waals surface area (Å²) in [6.45, 7) is 11.1. The molecule has 3 rings (SSSR count). The van der Waals surface area contributed by atoms with Crippen molar-refractivity contribution >= 4 is 11.9 Å². The van der Waals surface area contributed by atoms with E-state index in [1.165, 1.54) is 5.56 Å². The van der Waals surface area contributed by atoms with Crippen LogP contribution in [0.2, 0.25) is 0 Å². The van der Waals surface area contributed by atoms with Crippen LogP contribution in [0.1, 0.15) is 33.3 Å². The van der Waals surface area contributed by atoms with E-state index in [0.29, 0.717) is 19.0 Å². The number of nitrogens with zero attached hydrogens (tertiary/aromatic N) is 4. The Morgan fingerprint density at radius 3 is 2.19 bits per heavy atom. The molecular formula is C21H28N4O2. The maximum absolute atomic E-state index is 12.7. The molecule has 1 aliphatic heterocycles. The predicted molar refractivity (Wildman–Crippen MR) is 106 cm³/mol. The van der Waals surface area contributed by atoms with Crippen LogP contribution in [-0.2, 0) is 10.2 Å². The Hall–Kier alpha value is -2.63. The van der Waals surface area contributed by atoms with E-state index < -0.39 is 6.10 Å². The fourth-order valence-corrected chi connectivity index (χ4v) is 3.13. The highest BCUT2D eigenvalue weighted by Gasteiger charge is 2.27. The molecule has 6 nitrogen and oxygen atoms in total. The van der Waals surface area contributed by atoms with Crippen LogP contribution < -0.4 is 9.64 Å². The number of carbonyl (C=O) groups excluding carboxylic acids is 1. The summed E-state index contributed by atoms with van der Waals surface area (Å²) in [5, 5.41) is 0. The first-order chi connectivity index (χ1) is 12.8. The van der Waals surface area contributed by atoms with Gasteiger partial charge in [-0.05, 0) is 36.1 Å². The molecule has 1 amide bonds. The highest BCUT2D eigenvalue weighted by atomic mass is 16.5. The normalized spacial score (nSPS) is 16.1. The first kappa shape index (κ1) is 19.1. The van der Waals surface area contributed by atoms with Gasteiger partial charge in [-0.25, -0.2) is 9.97 Å². The van der Waals surface area contributed by atoms with E-state index in [0.717, 1.165) is 18.8 Å². The molecule has 0 aliphatic carbocycles. The molecule has 2 heterocycles. The summed E-state index contributed by atoms with van der Waals surface area (Å²) in [4.78, 5) is 25.2. The van der Waals surface area contributed by atoms with Gasteiger partial charge in [-0.3, -0.25) is 4.79 Å². The second kappa shape index (κ2) is 7.94. The lowest BCUT2D eigenvalue weighted by atomic mass is 9.87. The average Bonchev–Trinajstić information content (AvgIpc) is 2.68. The topological polar surface area (TPSA) is 58.6 Å². The second-order valence-electron chi connectivity index (χ2n) is 7.90. The molecule has 2 aromatic rings. The Morgan fingerprint density at radius 2 is 1.63 bits per heavy atom. The second-order valence-corrected chi connectivity index (χ2v) is 7.90. The van der Waals surface area contributed by atoms with E-state index >= 15 is 0 Å². The number of amides is 1. The molecule has 1 fully saturated rings. The summed E-state index contributed by atoms with van der Waals surface area (Å²) in [6.07, 6.45) is 2.96. The van der Waals surface area contributed by atoms with Gasteiger partial charge in [-0.1, -0.05) is 32.9 Å². The largest absolute Gasteiger partial charge is 0.481 e. The van der Waals surface area contributed by atoms with Crippen LogP contribution in [-0.4, -0.2) is 53.1 Å². The fourth-order valence-electron chi connectivity index (χ4n) is 3.13. The van der Waals surface area contributed by atoms with E-state index in [1.807, 2.05) is 24.0 Å². The SMILES string of the molecule is C[C@@H](Oc1ccc(C(C)(C)C)cc1)C(=O)N1CCN(c2ncccn2)CC1. The van der Waals surface area contributed by atoms with Crippen LogP contribution in [0.3, 0.4) is 0 Å². The van der Waals surface area contributed by atoms with Gasteiger partial charge < -0.3 is 14.5 Å². The average molecular weight is 368 g/mol. The number of rotatable bonds is 4. The van der Waals surface area contributed by atoms with Crippen molar-refractivity contribution in [3.8, 4) is 5.75 Å². The highest BCUT2D eigenvalue weighted by molar-refractivity contribution is 5.81. The van der Waals surface area contributed by atoms with E-state index in [9.17, 15) is 4.79 Å². The van der Waals surface area contributed by atoms with E-state index in [4.69, 9.17) is 4.74 Å². The molecule has 1 saturated heterocycles. The monoisotopic (exact) mass is 368 g/mol. The zero-order chi connectivity index (χ0) is 19.4. The Labute approximate surface area is 161 Å². The minimum Gasteiger partial charge on any atom is -0.481 e. The molecule has 1 aliphatic rings. The zero-order valence-corrected chi connectivity index (χ0v) is 16.6. The molecule has 0 saturated carbocycles. The molecule has 0 unspecified atom stereocenters. The molecule has 1 atom stereocenters. The van der Waals surface area contributed by atoms with Crippen LogP contribution >= 0.6 is 0 Å². The maximum atomic E-state index is 12.7. The number of aromatic nitrogens is 2. The van der Waals surface area contributed by atoms with Crippen LogP contribution in [0.15, 0.2) is 42.7 Å². The maximum Gasteiger partial charge on any atom is 0.263 e. The van der Waals surface area contributed by atoms with Gasteiger partial charge in [0.25, 0.3) is 5.91 Å². The molecule has 0 N–H and O–H groups in total. The minimum atomic E-state index is -0.509. The third-order valence-corrected chi connectivity index (χ3v) is 4.81. The summed E-state index contributed by atoms with van der Waals surface area (Å²) in [7, 11) is 0. The third kappa shape index (κ3) is 4.76. The Bertz CT molecular complexity index is 748. The molecule has 144 valence electrons. The molecule has 6 heteroatoms. The first-order valence-corrected chi connectivity index (χ1v) is 9.42. The van der Waals surface area contributed by atoms with Crippen molar-refractivity contribution in [2.24, 2.45) is 0 Å². The van der Waals surface area contributed by atoms with Crippen molar-refractivity contribution in [1.29, 1.82) is 0 Å². The molecule has 1 aromatic carbocycles. The summed E-state index contributed by atoms with van der Waals surface area (Å²) < 4.78 is 5.88. The van der Waals surface area contributed by atoms with Gasteiger partial charge in [0.15, 0.2) is 6.10 Å². The summed E-state index contributed by atoms with van der Waals surface area (Å²) in [5.41, 5.74) is 1.34. The van der Waals surface area contributed by atoms with Crippen LogP contribution in [0.25, 0.3) is 0 Å². The van der Waals surface area contributed by atoms with Crippen molar-refractivity contribution in [3.05, 3.63) is 48.3 Å². The number of ether oxygens (including phenoxy) is 1. The van der Waals surface area contributed by atoms with Crippen LogP contribution in [0.4, 0.5) is 5.95 Å². The first-order valence-electron chi connectivity index (χ1n) is 9.42. The minimum absolute atomic E-state index is 0.0172. The molecular weight excluding hydrogens is 340 g/mol. The van der Waals surface area contributed by atoms with E-state index in [-0.39, 0.29) is 11.3 Å². The zero-order valence-electron chi connectivity index (χ0n) is 16.6. The van der Waals surface area contributed by atoms with Gasteiger partial charge >= 0.3 is 0 Å². The van der Waals surface area contributed by atoms with Gasteiger partial charge in [0.05, 0.1) is 0 Å². The van der Waals surface area contributed by atoms with Crippen molar-refractivity contribution in [3.63, 3.8) is 0 Å². The van der Waals surface area contributed by atoms with Crippen LogP contribution in [0.5, 0.6) is 5.75 Å². The number of piperazine rings is 1. The van der Waals surface area contributed by atoms with Gasteiger partial charge in [0, 0.05) is 38.6 Å². The van der Waals surface area contributed by atoms with Gasteiger partial charge in [-0.15, -0.1) is 0 Å². The van der Waals surface area contributed by atoms with Gasteiger partial charge in [-0.2, -0.15) is 0 Å². The molecule has 1 aromatic heterocycles. The van der Waals surface area contributed by atoms with Crippen molar-refractivity contribution in [2.75, 3.05) is 31.1 Å². The Morgan fingerprint density at radius 1 is 1.04 bits per heavy atom. The number of hydrogen-bond donors (Lipinski definition) is 0. The molecule has 0 radical (unpaired) electrons. The van der Waals surface area contributed by atoms with Crippen molar-refractivity contribution in [1.82, 2.24) is 14.9 Å². The smallest absolute Gasteiger partial charge is 0.263 e. The predicted octanol–water partition coefficient (Wildman–Crippen LogP) is 2.89. The molecule has 27 heavy (non-hydrogen) atoms. The lowest BCUT2D eigenvalue weighted by molar-refractivity contribution is -0.138. The standard InChI is InChI=1S/C21H28N4O2/c1-16(27-18-8-6-17(7-9-18)21(2,3)4)19(26)24-12-14-25(15-13-24)20-22-10-5-11-23-20/h5-11,16H,12-15H2,1-4H3/t16-/m1/s1. The quantitative estimate of drug-likeness (QED) is 0.830. The molecule has 0 bridgehead atoms. The fraction of sp³-hybridized carbons (Fsp3) is 0.476. The number of carbonyl (C=O) groups is 1. The van der Waals surface area contributed by atoms with Crippen molar-refractivity contribution < 1.29 is 9.53 Å². The van der Waals surface area contributed by atoms with Crippen molar-refractivity contribution in [2.45, 2.75) is 39.2 Å². The number of hydrogen-bond acceptors (Lipinski definition) is 5. The van der Waals surface area contributed by atoms with Crippen LogP contribution in [0, 0.1) is 0 Å². The molecule has 0 spiro atoms. The summed E-state index contributed by atoms with van der Waals surface area (Å²) >= 11 is 0. The van der Waals surface area contributed by atoms with E-state index in [1.54, 1.807) is 18.5 Å². The Balaban J connectivity index is 1.54. The number of benzene rings is 1. The highest BCUT2D eigenvalue weighted by Crippen LogP contribution is 2.25. The lowest BCUT2D eigenvalue weighted by Crippen LogP contribution is -2.52. The Kier molecular flexibility index (Phi) is 5.63. The van der Waals surface area contributed by atoms with Gasteiger partial charge in [0.2, 0.25) is 5.95 Å². The number of anilines is 1. The third-order valence-electron chi connectivity index (χ3n) is 4.81. The van der Waals surface area contributed by atoms with E-state index in [2.05, 4.69) is 47.8 Å². The van der Waals surface area contributed by atoms with Gasteiger partial charge in [0.1, 0.15) is 5.75 Å². The summed E-state index contributed by atoms with van der Waals surface area (Å²) in [6, 6.07) is 9.80. The lowest BCUT2D eigenvalue weighted by Gasteiger charge is -2.35.